The molecule has 1 amide bonds. The number of halogens is 1. The van der Waals surface area contributed by atoms with E-state index in [2.05, 4.69) is 37.9 Å². The fourth-order valence-electron chi connectivity index (χ4n) is 2.05. The number of nitrogens with one attached hydrogen (secondary N) is 1. The molecule has 134 valence electrons. The maximum absolute atomic E-state index is 11.2. The van der Waals surface area contributed by atoms with Crippen LogP contribution in [0.2, 0.25) is 0 Å². The summed E-state index contributed by atoms with van der Waals surface area (Å²) < 4.78 is 12.1. The molecule has 0 atom stereocenters. The molecule has 0 aliphatic rings. The zero-order valence-electron chi connectivity index (χ0n) is 14.0. The Kier molecular flexibility index (Phi) is 6.37. The second-order valence-electron chi connectivity index (χ2n) is 5.43. The van der Waals surface area contributed by atoms with Gasteiger partial charge in [-0.2, -0.15) is 4.98 Å². The maximum atomic E-state index is 11.2. The van der Waals surface area contributed by atoms with Gasteiger partial charge in [-0.3, -0.25) is 10.1 Å². The first kappa shape index (κ1) is 19.2. The Balaban J connectivity index is 2.33. The van der Waals surface area contributed by atoms with Crippen molar-refractivity contribution in [1.29, 1.82) is 0 Å². The number of benzene rings is 1. The molecule has 0 spiro atoms. The van der Waals surface area contributed by atoms with E-state index in [0.717, 1.165) is 14.9 Å². The molecule has 4 N–H and O–H groups in total. The molecule has 8 nitrogen and oxygen atoms in total. The number of nitrogens with zero attached hydrogens (tertiary/aromatic N) is 2. The lowest BCUT2D eigenvalue weighted by molar-refractivity contribution is -0.118. The summed E-state index contributed by atoms with van der Waals surface area (Å²) in [7, 11) is 1.62. The number of rotatable bonds is 6. The van der Waals surface area contributed by atoms with Crippen LogP contribution in [0.15, 0.2) is 18.3 Å². The van der Waals surface area contributed by atoms with Gasteiger partial charge in [0.2, 0.25) is 5.95 Å². The van der Waals surface area contributed by atoms with Gasteiger partial charge >= 0.3 is 0 Å². The molecule has 0 saturated carbocycles. The summed E-state index contributed by atoms with van der Waals surface area (Å²) >= 11 is 2.16. The van der Waals surface area contributed by atoms with Crippen molar-refractivity contribution in [3.63, 3.8) is 0 Å². The molecule has 1 heterocycles. The van der Waals surface area contributed by atoms with Crippen molar-refractivity contribution in [2.45, 2.75) is 19.8 Å². The SMILES string of the molecule is COc1cc(C(C)C)c(Oc2cnc(NC(=O)CO)nc2N)cc1I. The van der Waals surface area contributed by atoms with E-state index in [1.54, 1.807) is 7.11 Å². The Morgan fingerprint density at radius 3 is 2.64 bits per heavy atom. The molecule has 25 heavy (non-hydrogen) atoms. The number of aliphatic hydroxyl groups excluding tert-OH is 1. The first-order valence-electron chi connectivity index (χ1n) is 7.44. The van der Waals surface area contributed by atoms with E-state index >= 15 is 0 Å². The highest BCUT2D eigenvalue weighted by molar-refractivity contribution is 14.1. The van der Waals surface area contributed by atoms with Gasteiger partial charge in [-0.25, -0.2) is 4.98 Å². The lowest BCUT2D eigenvalue weighted by Gasteiger charge is -2.17. The molecular formula is C16H19IN4O4. The van der Waals surface area contributed by atoms with Crippen LogP contribution in [0.3, 0.4) is 0 Å². The van der Waals surface area contributed by atoms with Crippen molar-refractivity contribution in [1.82, 2.24) is 9.97 Å². The summed E-state index contributed by atoms with van der Waals surface area (Å²) in [5.41, 5.74) is 6.84. The molecule has 2 rings (SSSR count). The Morgan fingerprint density at radius 2 is 2.08 bits per heavy atom. The molecule has 1 aromatic heterocycles. The topological polar surface area (TPSA) is 120 Å². The molecule has 0 aliphatic heterocycles. The third kappa shape index (κ3) is 4.69. The molecule has 2 aromatic rings. The predicted octanol–water partition coefficient (Wildman–Crippen LogP) is 2.52. The number of hydrogen-bond donors (Lipinski definition) is 3. The van der Waals surface area contributed by atoms with E-state index in [1.165, 1.54) is 6.20 Å². The smallest absolute Gasteiger partial charge is 0.252 e. The van der Waals surface area contributed by atoms with Crippen LogP contribution >= 0.6 is 22.6 Å². The van der Waals surface area contributed by atoms with E-state index < -0.39 is 12.5 Å². The Morgan fingerprint density at radius 1 is 1.36 bits per heavy atom. The number of amides is 1. The molecule has 0 saturated heterocycles. The van der Waals surface area contributed by atoms with Crippen LogP contribution in [0.4, 0.5) is 11.8 Å². The molecule has 0 aliphatic carbocycles. The zero-order chi connectivity index (χ0) is 18.6. The van der Waals surface area contributed by atoms with Crippen molar-refractivity contribution in [3.05, 3.63) is 27.5 Å². The Hall–Kier alpha value is -2.14. The van der Waals surface area contributed by atoms with Gasteiger partial charge in [0.25, 0.3) is 5.91 Å². The first-order valence-corrected chi connectivity index (χ1v) is 8.52. The standard InChI is InChI=1S/C16H19IN4O4/c1-8(2)9-4-12(24-3)10(17)5-11(9)25-13-6-19-16(21-15(13)18)20-14(23)7-22/h4-6,8,22H,7H2,1-3H3,(H3,18,19,20,21,23). The van der Waals surface area contributed by atoms with E-state index in [0.29, 0.717) is 5.75 Å². The van der Waals surface area contributed by atoms with Crippen LogP contribution in [0, 0.1) is 3.57 Å². The van der Waals surface area contributed by atoms with Gasteiger partial charge in [-0.05, 0) is 40.6 Å². The van der Waals surface area contributed by atoms with Crippen molar-refractivity contribution < 1.29 is 19.4 Å². The number of carbonyl (C=O) groups is 1. The molecular weight excluding hydrogens is 439 g/mol. The van der Waals surface area contributed by atoms with Crippen LogP contribution in [0.1, 0.15) is 25.3 Å². The summed E-state index contributed by atoms with van der Waals surface area (Å²) in [6.45, 7) is 3.42. The summed E-state index contributed by atoms with van der Waals surface area (Å²) in [5.74, 6) is 1.31. The fraction of sp³-hybridized carbons (Fsp3) is 0.312. The van der Waals surface area contributed by atoms with Gasteiger partial charge in [0, 0.05) is 5.56 Å². The number of methoxy groups -OCH3 is 1. The van der Waals surface area contributed by atoms with Crippen LogP contribution in [-0.2, 0) is 4.79 Å². The average molecular weight is 458 g/mol. The molecule has 0 radical (unpaired) electrons. The average Bonchev–Trinajstić information content (AvgIpc) is 2.57. The third-order valence-corrected chi connectivity index (χ3v) is 4.15. The van der Waals surface area contributed by atoms with Gasteiger partial charge in [0.05, 0.1) is 16.9 Å². The summed E-state index contributed by atoms with van der Waals surface area (Å²) in [6, 6.07) is 3.78. The van der Waals surface area contributed by atoms with Crippen LogP contribution in [0.25, 0.3) is 0 Å². The summed E-state index contributed by atoms with van der Waals surface area (Å²) in [6.07, 6.45) is 1.37. The highest BCUT2D eigenvalue weighted by Crippen LogP contribution is 2.37. The second-order valence-corrected chi connectivity index (χ2v) is 6.59. The fourth-order valence-corrected chi connectivity index (χ4v) is 2.71. The highest BCUT2D eigenvalue weighted by atomic mass is 127. The molecule has 1 aromatic carbocycles. The first-order chi connectivity index (χ1) is 11.8. The number of hydrogen-bond acceptors (Lipinski definition) is 7. The molecule has 0 fully saturated rings. The number of aliphatic hydroxyl groups is 1. The lowest BCUT2D eigenvalue weighted by Crippen LogP contribution is -2.17. The van der Waals surface area contributed by atoms with Crippen molar-refractivity contribution in [2.24, 2.45) is 0 Å². The summed E-state index contributed by atoms with van der Waals surface area (Å²) in [5, 5.41) is 11.0. The predicted molar refractivity (Wildman–Crippen MR) is 102 cm³/mol. The quantitative estimate of drug-likeness (QED) is 0.569. The number of carbonyl (C=O) groups excluding carboxylic acids is 1. The monoisotopic (exact) mass is 458 g/mol. The van der Waals surface area contributed by atoms with E-state index in [9.17, 15) is 4.79 Å². The van der Waals surface area contributed by atoms with Gasteiger partial charge < -0.3 is 20.3 Å². The largest absolute Gasteiger partial charge is 0.496 e. The molecule has 0 bridgehead atoms. The minimum Gasteiger partial charge on any atom is -0.496 e. The van der Waals surface area contributed by atoms with E-state index in [1.807, 2.05) is 26.0 Å². The van der Waals surface area contributed by atoms with Crippen molar-refractivity contribution in [3.8, 4) is 17.2 Å². The van der Waals surface area contributed by atoms with Gasteiger partial charge in [-0.1, -0.05) is 13.8 Å². The number of nitrogen functional groups attached to an aromatic ring is 1. The number of anilines is 2. The number of nitrogens with two attached hydrogens (primary N) is 1. The summed E-state index contributed by atoms with van der Waals surface area (Å²) in [4.78, 5) is 19.1. The van der Waals surface area contributed by atoms with Gasteiger partial charge in [0.1, 0.15) is 18.1 Å². The van der Waals surface area contributed by atoms with Crippen LogP contribution in [0.5, 0.6) is 17.2 Å². The maximum Gasteiger partial charge on any atom is 0.252 e. The van der Waals surface area contributed by atoms with Crippen molar-refractivity contribution in [2.75, 3.05) is 24.8 Å². The second kappa shape index (κ2) is 8.30. The Bertz CT molecular complexity index is 783. The third-order valence-electron chi connectivity index (χ3n) is 3.30. The van der Waals surface area contributed by atoms with Gasteiger partial charge in [-0.15, -0.1) is 0 Å². The minimum atomic E-state index is -0.663. The zero-order valence-corrected chi connectivity index (χ0v) is 16.2. The number of ether oxygens (including phenoxy) is 2. The lowest BCUT2D eigenvalue weighted by atomic mass is 10.0. The van der Waals surface area contributed by atoms with E-state index in [-0.39, 0.29) is 23.4 Å². The normalized spacial score (nSPS) is 10.6. The van der Waals surface area contributed by atoms with Crippen LogP contribution < -0.4 is 20.5 Å². The van der Waals surface area contributed by atoms with E-state index in [4.69, 9.17) is 20.3 Å². The Labute approximate surface area is 158 Å². The minimum absolute atomic E-state index is 0.00251. The van der Waals surface area contributed by atoms with Gasteiger partial charge in [0.15, 0.2) is 11.6 Å². The molecule has 0 unspecified atom stereocenters. The van der Waals surface area contributed by atoms with Crippen molar-refractivity contribution >= 4 is 40.3 Å². The molecule has 9 heteroatoms. The van der Waals surface area contributed by atoms with Crippen LogP contribution in [-0.4, -0.2) is 34.7 Å². The highest BCUT2D eigenvalue weighted by Gasteiger charge is 2.16. The number of aromatic nitrogens is 2.